The summed E-state index contributed by atoms with van der Waals surface area (Å²) in [6.07, 6.45) is 6.16. The molecule has 1 aliphatic rings. The van der Waals surface area contributed by atoms with Gasteiger partial charge in [0, 0.05) is 32.9 Å². The largest absolute Gasteiger partial charge is 0.383 e. The minimum absolute atomic E-state index is 0.719. The van der Waals surface area contributed by atoms with Gasteiger partial charge in [-0.1, -0.05) is 6.42 Å². The monoisotopic (exact) mass is 266 g/mol. The summed E-state index contributed by atoms with van der Waals surface area (Å²) in [6, 6.07) is 0. The number of nitrogens with one attached hydrogen (secondary N) is 1. The van der Waals surface area contributed by atoms with Crippen LogP contribution >= 0.6 is 0 Å². The van der Waals surface area contributed by atoms with E-state index in [1.165, 1.54) is 32.4 Å². The summed E-state index contributed by atoms with van der Waals surface area (Å²) in [5, 5.41) is 3.44. The number of methoxy groups -OCH3 is 1. The lowest BCUT2D eigenvalue weighted by Crippen LogP contribution is -2.34. The molecule has 1 aromatic rings. The molecule has 0 atom stereocenters. The van der Waals surface area contributed by atoms with Crippen LogP contribution in [0.4, 0.5) is 5.95 Å². The Labute approximate surface area is 116 Å². The molecule has 1 saturated heterocycles. The molecule has 0 spiro atoms. The van der Waals surface area contributed by atoms with Crippen LogP contribution in [0.15, 0.2) is 6.20 Å². The van der Waals surface area contributed by atoms with Crippen molar-refractivity contribution in [3.63, 3.8) is 0 Å². The van der Waals surface area contributed by atoms with Gasteiger partial charge in [-0.2, -0.15) is 0 Å². The Bertz CT molecular complexity index is 372. The maximum Gasteiger partial charge on any atom is 0.203 e. The fraction of sp³-hybridized carbons (Fsp3) is 0.786. The van der Waals surface area contributed by atoms with E-state index < -0.39 is 0 Å². The highest BCUT2D eigenvalue weighted by Gasteiger charge is 2.10. The molecule has 108 valence electrons. The molecule has 1 aromatic heterocycles. The fourth-order valence-corrected chi connectivity index (χ4v) is 2.56. The van der Waals surface area contributed by atoms with Gasteiger partial charge in [-0.15, -0.1) is 0 Å². The van der Waals surface area contributed by atoms with Crippen molar-refractivity contribution in [1.82, 2.24) is 14.5 Å². The van der Waals surface area contributed by atoms with Crippen LogP contribution in [0.2, 0.25) is 0 Å². The van der Waals surface area contributed by atoms with E-state index in [4.69, 9.17) is 4.74 Å². The van der Waals surface area contributed by atoms with Crippen molar-refractivity contribution in [2.75, 3.05) is 45.2 Å². The normalized spacial score (nSPS) is 16.7. The molecule has 0 radical (unpaired) electrons. The summed E-state index contributed by atoms with van der Waals surface area (Å²) in [4.78, 5) is 7.06. The smallest absolute Gasteiger partial charge is 0.203 e. The number of piperidine rings is 1. The molecule has 0 saturated carbocycles. The van der Waals surface area contributed by atoms with Crippen molar-refractivity contribution in [1.29, 1.82) is 0 Å². The Morgan fingerprint density at radius 3 is 2.79 bits per heavy atom. The standard InChI is InChI=1S/C14H26N4O/c1-13-12-18(10-11-19-2)14(16-13)15-6-9-17-7-4-3-5-8-17/h12H,3-11H2,1-2H3,(H,15,16). The first-order chi connectivity index (χ1) is 9.29. The Hall–Kier alpha value is -1.07. The van der Waals surface area contributed by atoms with Gasteiger partial charge in [-0.3, -0.25) is 0 Å². The second-order valence-electron chi connectivity index (χ2n) is 5.22. The molecule has 5 nitrogen and oxygen atoms in total. The summed E-state index contributed by atoms with van der Waals surface area (Å²) in [5.41, 5.74) is 1.05. The number of anilines is 1. The zero-order valence-electron chi connectivity index (χ0n) is 12.2. The van der Waals surface area contributed by atoms with E-state index in [0.29, 0.717) is 0 Å². The predicted molar refractivity (Wildman–Crippen MR) is 77.6 cm³/mol. The van der Waals surface area contributed by atoms with E-state index in [1.807, 2.05) is 6.92 Å². The first-order valence-corrected chi connectivity index (χ1v) is 7.28. The lowest BCUT2D eigenvalue weighted by molar-refractivity contribution is 0.187. The van der Waals surface area contributed by atoms with Gasteiger partial charge in [0.2, 0.25) is 5.95 Å². The third kappa shape index (κ3) is 4.51. The Kier molecular flexibility index (Phi) is 5.66. The highest BCUT2D eigenvalue weighted by molar-refractivity contribution is 5.28. The number of aromatic nitrogens is 2. The van der Waals surface area contributed by atoms with Crippen LogP contribution in [0.5, 0.6) is 0 Å². The number of ether oxygens (including phenoxy) is 1. The van der Waals surface area contributed by atoms with E-state index in [9.17, 15) is 0 Å². The van der Waals surface area contributed by atoms with Crippen LogP contribution < -0.4 is 5.32 Å². The molecular formula is C14H26N4O. The third-order valence-electron chi connectivity index (χ3n) is 3.59. The Balaban J connectivity index is 1.77. The fourth-order valence-electron chi connectivity index (χ4n) is 2.56. The molecule has 0 unspecified atom stereocenters. The highest BCUT2D eigenvalue weighted by Crippen LogP contribution is 2.10. The zero-order valence-corrected chi connectivity index (χ0v) is 12.2. The topological polar surface area (TPSA) is 42.3 Å². The van der Waals surface area contributed by atoms with Crippen molar-refractivity contribution in [3.05, 3.63) is 11.9 Å². The third-order valence-corrected chi connectivity index (χ3v) is 3.59. The molecule has 1 aliphatic heterocycles. The maximum absolute atomic E-state index is 5.13. The average molecular weight is 266 g/mol. The van der Waals surface area contributed by atoms with Gasteiger partial charge < -0.3 is 19.5 Å². The molecule has 5 heteroatoms. The molecule has 1 fully saturated rings. The molecule has 0 bridgehead atoms. The van der Waals surface area contributed by atoms with Crippen LogP contribution in [0.25, 0.3) is 0 Å². The average Bonchev–Trinajstić information content (AvgIpc) is 2.78. The SMILES string of the molecule is COCCn1cc(C)nc1NCCN1CCCCC1. The van der Waals surface area contributed by atoms with Gasteiger partial charge in [0.15, 0.2) is 0 Å². The lowest BCUT2D eigenvalue weighted by atomic mass is 10.1. The van der Waals surface area contributed by atoms with E-state index in [0.717, 1.165) is 37.9 Å². The van der Waals surface area contributed by atoms with Crippen LogP contribution in [-0.4, -0.2) is 54.3 Å². The molecule has 2 heterocycles. The summed E-state index contributed by atoms with van der Waals surface area (Å²) in [7, 11) is 1.73. The number of aryl methyl sites for hydroxylation is 1. The first kappa shape index (κ1) is 14.3. The van der Waals surface area contributed by atoms with Crippen molar-refractivity contribution in [2.24, 2.45) is 0 Å². The number of likely N-dealkylation sites (tertiary alicyclic amines) is 1. The van der Waals surface area contributed by atoms with Crippen LogP contribution in [0, 0.1) is 6.92 Å². The molecule has 19 heavy (non-hydrogen) atoms. The van der Waals surface area contributed by atoms with Gasteiger partial charge in [0.25, 0.3) is 0 Å². The van der Waals surface area contributed by atoms with E-state index >= 15 is 0 Å². The van der Waals surface area contributed by atoms with Crippen LogP contribution in [0.1, 0.15) is 25.0 Å². The first-order valence-electron chi connectivity index (χ1n) is 7.28. The summed E-state index contributed by atoms with van der Waals surface area (Å²) in [6.45, 7) is 8.16. The Morgan fingerprint density at radius 2 is 2.05 bits per heavy atom. The van der Waals surface area contributed by atoms with Gasteiger partial charge in [0.05, 0.1) is 12.3 Å². The number of hydrogen-bond acceptors (Lipinski definition) is 4. The van der Waals surface area contributed by atoms with E-state index in [-0.39, 0.29) is 0 Å². The van der Waals surface area contributed by atoms with Crippen molar-refractivity contribution < 1.29 is 4.74 Å². The number of hydrogen-bond donors (Lipinski definition) is 1. The summed E-state index contributed by atoms with van der Waals surface area (Å²) < 4.78 is 7.26. The summed E-state index contributed by atoms with van der Waals surface area (Å²) >= 11 is 0. The van der Waals surface area contributed by atoms with Crippen molar-refractivity contribution in [3.8, 4) is 0 Å². The molecule has 0 aliphatic carbocycles. The maximum atomic E-state index is 5.13. The molecular weight excluding hydrogens is 240 g/mol. The number of nitrogens with zero attached hydrogens (tertiary/aromatic N) is 3. The minimum atomic E-state index is 0.719. The van der Waals surface area contributed by atoms with Crippen LogP contribution in [-0.2, 0) is 11.3 Å². The Morgan fingerprint density at radius 1 is 1.26 bits per heavy atom. The number of rotatable bonds is 7. The van der Waals surface area contributed by atoms with E-state index in [1.54, 1.807) is 7.11 Å². The van der Waals surface area contributed by atoms with Gasteiger partial charge in [-0.05, 0) is 32.9 Å². The second-order valence-corrected chi connectivity index (χ2v) is 5.22. The quantitative estimate of drug-likeness (QED) is 0.816. The van der Waals surface area contributed by atoms with Crippen molar-refractivity contribution >= 4 is 5.95 Å². The van der Waals surface area contributed by atoms with Gasteiger partial charge in [0.1, 0.15) is 0 Å². The predicted octanol–water partition coefficient (Wildman–Crippen LogP) is 1.74. The molecule has 2 rings (SSSR count). The van der Waals surface area contributed by atoms with Crippen LogP contribution in [0.3, 0.4) is 0 Å². The summed E-state index contributed by atoms with van der Waals surface area (Å²) in [5.74, 6) is 0.964. The molecule has 0 aromatic carbocycles. The van der Waals surface area contributed by atoms with Gasteiger partial charge >= 0.3 is 0 Å². The minimum Gasteiger partial charge on any atom is -0.383 e. The van der Waals surface area contributed by atoms with E-state index in [2.05, 4.69) is 26.0 Å². The second kappa shape index (κ2) is 7.50. The number of imidazole rings is 1. The van der Waals surface area contributed by atoms with Gasteiger partial charge in [-0.25, -0.2) is 4.98 Å². The zero-order chi connectivity index (χ0) is 13.5. The van der Waals surface area contributed by atoms with Crippen molar-refractivity contribution in [2.45, 2.75) is 32.7 Å². The molecule has 1 N–H and O–H groups in total. The lowest BCUT2D eigenvalue weighted by Gasteiger charge is -2.26. The highest BCUT2D eigenvalue weighted by atomic mass is 16.5. The molecule has 0 amide bonds.